The average Bonchev–Trinajstić information content (AvgIpc) is 3.66. The van der Waals surface area contributed by atoms with Gasteiger partial charge in [-0.15, -0.1) is 0 Å². The highest BCUT2D eigenvalue weighted by Gasteiger charge is 2.18. The number of unbranched alkanes of at least 4 members (excludes halogenated alkanes) is 14. The largest absolute Gasteiger partial charge is 0.508 e. The summed E-state index contributed by atoms with van der Waals surface area (Å²) in [6, 6.07) is 0. The second-order valence-corrected chi connectivity index (χ2v) is 14.1. The van der Waals surface area contributed by atoms with Gasteiger partial charge < -0.3 is 28.3 Å². The maximum Gasteiger partial charge on any atom is 0.508 e. The lowest BCUT2D eigenvalue weighted by Gasteiger charge is -2.18. The number of allylic oxidation sites excluding steroid dienone is 2. The molecule has 0 N–H and O–H groups in total. The Labute approximate surface area is 316 Å². The van der Waals surface area contributed by atoms with E-state index in [1.807, 2.05) is 30.7 Å². The first-order chi connectivity index (χ1) is 25.4. The molecule has 0 fully saturated rings. The second-order valence-electron chi connectivity index (χ2n) is 14.1. The van der Waals surface area contributed by atoms with Crippen molar-refractivity contribution in [3.63, 3.8) is 0 Å². The van der Waals surface area contributed by atoms with Crippen LogP contribution in [0.15, 0.2) is 30.6 Å². The lowest BCUT2D eigenvalue weighted by Crippen LogP contribution is -2.22. The predicted molar refractivity (Wildman–Crippen MR) is 207 cm³/mol. The van der Waals surface area contributed by atoms with Crippen LogP contribution in [0, 0.1) is 5.92 Å². The number of aryl methyl sites for hydroxylation is 1. The lowest BCUT2D eigenvalue weighted by atomic mass is 10.0. The van der Waals surface area contributed by atoms with E-state index in [0.717, 1.165) is 57.1 Å². The van der Waals surface area contributed by atoms with Gasteiger partial charge in [0.2, 0.25) is 0 Å². The Bertz CT molecular complexity index is 1030. The average molecular weight is 735 g/mol. The Kier molecular flexibility index (Phi) is 30.5. The Hall–Kier alpha value is -3.04. The van der Waals surface area contributed by atoms with Gasteiger partial charge in [-0.25, -0.2) is 9.78 Å². The molecule has 1 aromatic rings. The van der Waals surface area contributed by atoms with E-state index in [1.165, 1.54) is 64.2 Å². The monoisotopic (exact) mass is 735 g/mol. The van der Waals surface area contributed by atoms with Crippen LogP contribution in [0.2, 0.25) is 0 Å². The van der Waals surface area contributed by atoms with Crippen molar-refractivity contribution in [2.45, 2.75) is 188 Å². The molecule has 0 bridgehead atoms. The van der Waals surface area contributed by atoms with Gasteiger partial charge in [0.15, 0.2) is 0 Å². The van der Waals surface area contributed by atoms with Gasteiger partial charge in [0.1, 0.15) is 6.10 Å². The molecule has 0 amide bonds. The zero-order valence-electron chi connectivity index (χ0n) is 33.4. The molecule has 1 rings (SSSR count). The molecule has 0 aliphatic carbocycles. The molecule has 10 nitrogen and oxygen atoms in total. The Balaban J connectivity index is 2.41. The van der Waals surface area contributed by atoms with Crippen molar-refractivity contribution >= 4 is 18.1 Å². The summed E-state index contributed by atoms with van der Waals surface area (Å²) in [5, 5.41) is 0. The molecule has 300 valence electrons. The molecule has 0 aliphatic rings. The Morgan fingerprint density at radius 2 is 1.23 bits per heavy atom. The number of carbonyl (C=O) groups excluding carboxylic acids is 3. The number of aromatic nitrogens is 2. The van der Waals surface area contributed by atoms with Crippen LogP contribution in [-0.4, -0.2) is 60.2 Å². The molecule has 0 aliphatic heterocycles. The van der Waals surface area contributed by atoms with Crippen molar-refractivity contribution in [2.24, 2.45) is 5.92 Å². The number of nitrogens with zero attached hydrogens (tertiary/aromatic N) is 2. The maximum absolute atomic E-state index is 12.6. The summed E-state index contributed by atoms with van der Waals surface area (Å²) in [6.45, 7) is 10.2. The molecule has 2 unspecified atom stereocenters. The van der Waals surface area contributed by atoms with E-state index in [2.05, 4.69) is 18.8 Å². The van der Waals surface area contributed by atoms with Gasteiger partial charge in [0.05, 0.1) is 38.5 Å². The van der Waals surface area contributed by atoms with Crippen LogP contribution in [0.25, 0.3) is 0 Å². The van der Waals surface area contributed by atoms with Crippen molar-refractivity contribution in [1.82, 2.24) is 9.55 Å². The minimum absolute atomic E-state index is 0.0596. The van der Waals surface area contributed by atoms with Gasteiger partial charge in [-0.1, -0.05) is 110 Å². The first-order valence-electron chi connectivity index (χ1n) is 20.7. The highest BCUT2D eigenvalue weighted by atomic mass is 16.7. The third kappa shape index (κ3) is 28.5. The van der Waals surface area contributed by atoms with Gasteiger partial charge >= 0.3 is 18.1 Å². The number of imidazole rings is 1. The summed E-state index contributed by atoms with van der Waals surface area (Å²) in [7, 11) is 0. The van der Waals surface area contributed by atoms with Crippen molar-refractivity contribution in [1.29, 1.82) is 0 Å². The topological polar surface area (TPSA) is 115 Å². The summed E-state index contributed by atoms with van der Waals surface area (Å²) in [6.07, 6.45) is 28.8. The first-order valence-corrected chi connectivity index (χ1v) is 20.7. The third-order valence-corrected chi connectivity index (χ3v) is 9.35. The van der Waals surface area contributed by atoms with E-state index >= 15 is 0 Å². The number of rotatable bonds is 35. The highest BCUT2D eigenvalue weighted by Crippen LogP contribution is 2.17. The van der Waals surface area contributed by atoms with Gasteiger partial charge in [0.25, 0.3) is 0 Å². The van der Waals surface area contributed by atoms with Crippen molar-refractivity contribution in [2.75, 3.05) is 26.4 Å². The van der Waals surface area contributed by atoms with E-state index in [4.69, 9.17) is 23.7 Å². The molecule has 0 aromatic carbocycles. The molecule has 2 atom stereocenters. The predicted octanol–water partition coefficient (Wildman–Crippen LogP) is 11.1. The van der Waals surface area contributed by atoms with E-state index in [-0.39, 0.29) is 37.2 Å². The Morgan fingerprint density at radius 3 is 1.87 bits per heavy atom. The number of hydrogen-bond donors (Lipinski definition) is 0. The lowest BCUT2D eigenvalue weighted by molar-refractivity contribution is -0.146. The minimum atomic E-state index is -0.671. The molecule has 0 spiro atoms. The van der Waals surface area contributed by atoms with Crippen LogP contribution in [0.5, 0.6) is 0 Å². The quantitative estimate of drug-likeness (QED) is 0.0291. The van der Waals surface area contributed by atoms with E-state index in [1.54, 1.807) is 12.5 Å². The fourth-order valence-corrected chi connectivity index (χ4v) is 5.90. The van der Waals surface area contributed by atoms with Crippen LogP contribution >= 0.6 is 0 Å². The Morgan fingerprint density at radius 1 is 0.654 bits per heavy atom. The molecule has 0 saturated heterocycles. The molecule has 10 heteroatoms. The van der Waals surface area contributed by atoms with Gasteiger partial charge in [0, 0.05) is 44.1 Å². The zero-order valence-corrected chi connectivity index (χ0v) is 33.4. The van der Waals surface area contributed by atoms with E-state index in [9.17, 15) is 14.4 Å². The molecule has 52 heavy (non-hydrogen) atoms. The normalized spacial score (nSPS) is 12.7. The number of carbonyl (C=O) groups is 3. The molecular formula is C42H74N2O8. The van der Waals surface area contributed by atoms with Crippen molar-refractivity contribution in [3.8, 4) is 0 Å². The van der Waals surface area contributed by atoms with Crippen LogP contribution in [0.1, 0.15) is 175 Å². The van der Waals surface area contributed by atoms with Crippen LogP contribution in [0.4, 0.5) is 4.79 Å². The van der Waals surface area contributed by atoms with Gasteiger partial charge in [-0.3, -0.25) is 9.59 Å². The molecule has 0 saturated carbocycles. The second kappa shape index (κ2) is 33.8. The fraction of sp³-hybridized carbons (Fsp3) is 0.810. The fourth-order valence-electron chi connectivity index (χ4n) is 5.90. The number of ether oxygens (including phenoxy) is 5. The SMILES string of the molecule is CC=C(C)OCC(CCCCC(=O)OCCC(CCCCCCCCCCCC)OC(=O)OCCCn1ccnc1)COC(=O)CCCCCCC. The minimum Gasteiger partial charge on any atom is -0.498 e. The summed E-state index contributed by atoms with van der Waals surface area (Å²) in [4.78, 5) is 41.4. The van der Waals surface area contributed by atoms with E-state index in [0.29, 0.717) is 51.9 Å². The molecular weight excluding hydrogens is 660 g/mol. The third-order valence-electron chi connectivity index (χ3n) is 9.35. The number of esters is 2. The standard InChI is InChI=1S/C42H74N2O8/c1-5-8-10-12-13-14-15-16-18-19-25-39(52-42(47)49-32-23-30-44-31-29-43-36-44)28-33-48-40(45)27-22-21-24-38(34-50-37(4)7-3)35-51-41(46)26-20-17-11-9-6-2/h7,29,31,36,38-39H,5-6,8-28,30,32-35H2,1-4H3. The van der Waals surface area contributed by atoms with E-state index < -0.39 is 6.16 Å². The summed E-state index contributed by atoms with van der Waals surface area (Å²) < 4.78 is 29.9. The maximum atomic E-state index is 12.6. The number of hydrogen-bond acceptors (Lipinski definition) is 9. The molecule has 0 radical (unpaired) electrons. The molecule has 1 aromatic heterocycles. The van der Waals surface area contributed by atoms with Crippen molar-refractivity contribution in [3.05, 3.63) is 30.6 Å². The van der Waals surface area contributed by atoms with Crippen LogP contribution in [0.3, 0.4) is 0 Å². The summed E-state index contributed by atoms with van der Waals surface area (Å²) in [5.74, 6) is 0.489. The molecule has 1 heterocycles. The zero-order chi connectivity index (χ0) is 37.9. The van der Waals surface area contributed by atoms with Gasteiger partial charge in [-0.05, 0) is 52.4 Å². The first kappa shape index (κ1) is 47.0. The van der Waals surface area contributed by atoms with Gasteiger partial charge in [-0.2, -0.15) is 0 Å². The summed E-state index contributed by atoms with van der Waals surface area (Å²) >= 11 is 0. The summed E-state index contributed by atoms with van der Waals surface area (Å²) in [5.41, 5.74) is 0. The highest BCUT2D eigenvalue weighted by molar-refractivity contribution is 5.69. The smallest absolute Gasteiger partial charge is 0.498 e. The van der Waals surface area contributed by atoms with Crippen molar-refractivity contribution < 1.29 is 38.1 Å². The van der Waals surface area contributed by atoms with Crippen LogP contribution < -0.4 is 0 Å². The van der Waals surface area contributed by atoms with Crippen LogP contribution in [-0.2, 0) is 39.8 Å².